The van der Waals surface area contributed by atoms with E-state index in [9.17, 15) is 0 Å². The molecule has 0 aliphatic carbocycles. The number of rotatable bonds is 3. The molecule has 0 amide bonds. The van der Waals surface area contributed by atoms with Gasteiger partial charge in [0.05, 0.1) is 0 Å². The van der Waals surface area contributed by atoms with Gasteiger partial charge in [-0.1, -0.05) is 140 Å². The summed E-state index contributed by atoms with van der Waals surface area (Å²) in [7, 11) is 0. The maximum Gasteiger partial charge on any atom is 0.143 e. The number of benzene rings is 9. The first-order chi connectivity index (χ1) is 24.8. The normalized spacial score (nSPS) is 12.0. The smallest absolute Gasteiger partial charge is 0.143 e. The first-order valence-electron chi connectivity index (χ1n) is 17.1. The van der Waals surface area contributed by atoms with Crippen LogP contribution in [0.25, 0.3) is 108 Å². The summed E-state index contributed by atoms with van der Waals surface area (Å²) in [6.45, 7) is 0. The Morgan fingerprint density at radius 2 is 0.920 bits per heavy atom. The average Bonchev–Trinajstić information content (AvgIpc) is 3.75. The zero-order chi connectivity index (χ0) is 32.8. The highest BCUT2D eigenvalue weighted by Crippen LogP contribution is 2.47. The molecule has 0 atom stereocenters. The Morgan fingerprint density at radius 1 is 0.360 bits per heavy atom. The van der Waals surface area contributed by atoms with E-state index in [1.807, 2.05) is 11.3 Å². The van der Waals surface area contributed by atoms with Gasteiger partial charge in [-0.2, -0.15) is 0 Å². The predicted octanol–water partition coefficient (Wildman–Crippen LogP) is 14.4. The van der Waals surface area contributed by atoms with Gasteiger partial charge in [0.15, 0.2) is 0 Å². The maximum atomic E-state index is 6.70. The predicted molar refractivity (Wildman–Crippen MR) is 215 cm³/mol. The molecule has 0 fully saturated rings. The molecule has 0 bridgehead atoms. The zero-order valence-corrected chi connectivity index (χ0v) is 27.8. The summed E-state index contributed by atoms with van der Waals surface area (Å²) >= 11 is 1.86. The van der Waals surface area contributed by atoms with Crippen molar-refractivity contribution < 1.29 is 4.42 Å². The number of fused-ring (bicyclic) bond motifs is 11. The van der Waals surface area contributed by atoms with Crippen molar-refractivity contribution in [2.24, 2.45) is 0 Å². The Labute approximate surface area is 292 Å². The third kappa shape index (κ3) is 3.94. The minimum Gasteiger partial charge on any atom is -0.455 e. The van der Waals surface area contributed by atoms with Crippen LogP contribution in [0.4, 0.5) is 0 Å². The van der Waals surface area contributed by atoms with Crippen LogP contribution in [-0.2, 0) is 0 Å². The molecule has 9 aromatic carbocycles. The van der Waals surface area contributed by atoms with Crippen molar-refractivity contribution in [2.45, 2.75) is 0 Å². The van der Waals surface area contributed by atoms with Crippen LogP contribution in [0.15, 0.2) is 174 Å². The molecular formula is C48H28OS. The fourth-order valence-corrected chi connectivity index (χ4v) is 9.56. The van der Waals surface area contributed by atoms with Crippen LogP contribution in [0.5, 0.6) is 0 Å². The van der Waals surface area contributed by atoms with Crippen LogP contribution in [0.2, 0.25) is 0 Å². The monoisotopic (exact) mass is 652 g/mol. The first kappa shape index (κ1) is 27.7. The molecule has 0 saturated carbocycles. The van der Waals surface area contributed by atoms with E-state index in [4.69, 9.17) is 4.42 Å². The summed E-state index contributed by atoms with van der Waals surface area (Å²) in [5.41, 5.74) is 9.30. The number of furan rings is 1. The highest BCUT2D eigenvalue weighted by atomic mass is 32.1. The molecule has 0 aliphatic heterocycles. The van der Waals surface area contributed by atoms with Gasteiger partial charge in [0, 0.05) is 36.3 Å². The molecule has 0 aliphatic rings. The molecule has 0 spiro atoms. The molecule has 11 rings (SSSR count). The van der Waals surface area contributed by atoms with E-state index in [2.05, 4.69) is 170 Å². The standard InChI is InChI=1S/C48H28OS/c1-2-13-29(14-3-1)44-34-19-5-7-21-36(34)45(37-22-8-6-20-35(37)44)31-16-12-15-30(27-31)40-28-41-46-42(49-47(41)38-23-9-4-17-32(38)40)26-25-39-33-18-10-11-24-43(33)50-48(39)46/h1-28H. The van der Waals surface area contributed by atoms with Crippen molar-refractivity contribution in [1.82, 2.24) is 0 Å². The Balaban J connectivity index is 1.20. The summed E-state index contributed by atoms with van der Waals surface area (Å²) in [5.74, 6) is 0. The van der Waals surface area contributed by atoms with Crippen LogP contribution in [0.1, 0.15) is 0 Å². The Morgan fingerprint density at radius 3 is 1.64 bits per heavy atom. The van der Waals surface area contributed by atoms with E-state index < -0.39 is 0 Å². The van der Waals surface area contributed by atoms with E-state index in [1.54, 1.807) is 0 Å². The summed E-state index contributed by atoms with van der Waals surface area (Å²) in [6, 6.07) is 61.9. The summed E-state index contributed by atoms with van der Waals surface area (Å²) < 4.78 is 9.29. The van der Waals surface area contributed by atoms with Crippen LogP contribution in [-0.4, -0.2) is 0 Å². The van der Waals surface area contributed by atoms with Gasteiger partial charge in [-0.15, -0.1) is 11.3 Å². The van der Waals surface area contributed by atoms with E-state index >= 15 is 0 Å². The van der Waals surface area contributed by atoms with E-state index in [0.717, 1.165) is 16.6 Å². The topological polar surface area (TPSA) is 13.1 Å². The van der Waals surface area contributed by atoms with Crippen molar-refractivity contribution in [1.29, 1.82) is 0 Å². The molecule has 1 nitrogen and oxygen atoms in total. The lowest BCUT2D eigenvalue weighted by molar-refractivity contribution is 0.673. The minimum absolute atomic E-state index is 0.937. The summed E-state index contributed by atoms with van der Waals surface area (Å²) in [6.07, 6.45) is 0. The number of hydrogen-bond donors (Lipinski definition) is 0. The number of thiophene rings is 1. The highest BCUT2D eigenvalue weighted by Gasteiger charge is 2.20. The molecule has 2 heterocycles. The first-order valence-corrected chi connectivity index (χ1v) is 17.9. The Hall–Kier alpha value is -6.22. The Bertz CT molecular complexity index is 3090. The van der Waals surface area contributed by atoms with Crippen molar-refractivity contribution in [3.05, 3.63) is 170 Å². The van der Waals surface area contributed by atoms with E-state index in [0.29, 0.717) is 0 Å². The fraction of sp³-hybridized carbons (Fsp3) is 0. The lowest BCUT2D eigenvalue weighted by atomic mass is 9.85. The van der Waals surface area contributed by atoms with Crippen LogP contribution < -0.4 is 0 Å². The largest absolute Gasteiger partial charge is 0.455 e. The second-order valence-corrected chi connectivity index (χ2v) is 14.2. The van der Waals surface area contributed by atoms with Crippen LogP contribution >= 0.6 is 11.3 Å². The fourth-order valence-electron chi connectivity index (χ4n) is 8.30. The minimum atomic E-state index is 0.937. The lowest BCUT2D eigenvalue weighted by Gasteiger charge is -2.18. The van der Waals surface area contributed by atoms with Crippen LogP contribution in [0.3, 0.4) is 0 Å². The third-order valence-corrected chi connectivity index (χ3v) is 11.6. The van der Waals surface area contributed by atoms with Gasteiger partial charge in [-0.25, -0.2) is 0 Å². The molecule has 0 radical (unpaired) electrons. The van der Waals surface area contributed by atoms with Crippen molar-refractivity contribution in [3.63, 3.8) is 0 Å². The third-order valence-electron chi connectivity index (χ3n) is 10.4. The average molecular weight is 653 g/mol. The molecule has 2 aromatic heterocycles. The quantitative estimate of drug-likeness (QED) is 0.173. The molecule has 50 heavy (non-hydrogen) atoms. The zero-order valence-electron chi connectivity index (χ0n) is 27.0. The van der Waals surface area contributed by atoms with Gasteiger partial charge in [-0.3, -0.25) is 0 Å². The molecule has 2 heteroatoms. The van der Waals surface area contributed by atoms with Gasteiger partial charge >= 0.3 is 0 Å². The van der Waals surface area contributed by atoms with Gasteiger partial charge in [0.1, 0.15) is 11.2 Å². The molecule has 11 aromatic rings. The van der Waals surface area contributed by atoms with E-state index in [1.165, 1.54) is 91.3 Å². The number of hydrogen-bond acceptors (Lipinski definition) is 2. The van der Waals surface area contributed by atoms with Crippen molar-refractivity contribution in [3.8, 4) is 33.4 Å². The molecule has 0 unspecified atom stereocenters. The molecule has 232 valence electrons. The molecular weight excluding hydrogens is 625 g/mol. The molecule has 0 N–H and O–H groups in total. The van der Waals surface area contributed by atoms with Gasteiger partial charge in [-0.05, 0) is 90.6 Å². The second-order valence-electron chi connectivity index (χ2n) is 13.2. The van der Waals surface area contributed by atoms with Crippen molar-refractivity contribution in [2.75, 3.05) is 0 Å². The van der Waals surface area contributed by atoms with E-state index in [-0.39, 0.29) is 0 Å². The van der Waals surface area contributed by atoms with Gasteiger partial charge < -0.3 is 4.42 Å². The van der Waals surface area contributed by atoms with Crippen LogP contribution in [0, 0.1) is 0 Å². The second kappa shape index (κ2) is 10.6. The lowest BCUT2D eigenvalue weighted by Crippen LogP contribution is -1.91. The SMILES string of the molecule is c1ccc(-c2c3ccccc3c(-c3cccc(-c4cc5c(oc6ccc7c8ccccc8sc7c65)c5ccccc45)c3)c3ccccc23)cc1. The van der Waals surface area contributed by atoms with Gasteiger partial charge in [0.25, 0.3) is 0 Å². The van der Waals surface area contributed by atoms with Crippen molar-refractivity contribution >= 4 is 85.8 Å². The summed E-state index contributed by atoms with van der Waals surface area (Å²) in [4.78, 5) is 0. The van der Waals surface area contributed by atoms with Gasteiger partial charge in [0.2, 0.25) is 0 Å². The molecule has 0 saturated heterocycles. The summed E-state index contributed by atoms with van der Waals surface area (Å²) in [5, 5.41) is 12.3. The Kier molecular flexibility index (Phi) is 5.89. The maximum absolute atomic E-state index is 6.70. The highest BCUT2D eigenvalue weighted by molar-refractivity contribution is 7.26.